The summed E-state index contributed by atoms with van der Waals surface area (Å²) in [5.74, 6) is 0.530. The van der Waals surface area contributed by atoms with Crippen LogP contribution in [0.5, 0.6) is 11.6 Å². The number of hydrogen-bond acceptors (Lipinski definition) is 8. The zero-order chi connectivity index (χ0) is 27.5. The lowest BCUT2D eigenvalue weighted by molar-refractivity contribution is 0.0697. The first kappa shape index (κ1) is 26.1. The fourth-order valence-electron chi connectivity index (χ4n) is 4.70. The number of aryl methyl sites for hydroxylation is 2. The Balaban J connectivity index is 1.17. The summed E-state index contributed by atoms with van der Waals surface area (Å²) in [7, 11) is 1.92. The van der Waals surface area contributed by atoms with Crippen molar-refractivity contribution in [3.05, 3.63) is 76.8 Å². The molecule has 1 fully saturated rings. The van der Waals surface area contributed by atoms with E-state index in [1.54, 1.807) is 24.4 Å². The van der Waals surface area contributed by atoms with E-state index in [2.05, 4.69) is 14.9 Å². The lowest BCUT2D eigenvalue weighted by Crippen LogP contribution is -2.38. The van der Waals surface area contributed by atoms with Crippen LogP contribution in [-0.4, -0.2) is 54.7 Å². The first-order valence-electron chi connectivity index (χ1n) is 12.5. The third-order valence-electron chi connectivity index (χ3n) is 6.80. The van der Waals surface area contributed by atoms with Crippen LogP contribution in [0.25, 0.3) is 11.0 Å². The number of aromatic nitrogens is 4. The third-order valence-corrected chi connectivity index (χ3v) is 6.80. The highest BCUT2D eigenvalue weighted by Crippen LogP contribution is 2.24. The van der Waals surface area contributed by atoms with Gasteiger partial charge in [-0.15, -0.1) is 0 Å². The fourth-order valence-corrected chi connectivity index (χ4v) is 4.70. The van der Waals surface area contributed by atoms with Gasteiger partial charge in [0.2, 0.25) is 5.88 Å². The molecule has 0 radical (unpaired) electrons. The van der Waals surface area contributed by atoms with Gasteiger partial charge >= 0.3 is 5.97 Å². The summed E-state index contributed by atoms with van der Waals surface area (Å²) in [5, 5.41) is 18.6. The van der Waals surface area contributed by atoms with Crippen molar-refractivity contribution in [3.8, 4) is 17.7 Å². The molecule has 0 atom stereocenters. The van der Waals surface area contributed by atoms with E-state index in [0.29, 0.717) is 18.2 Å². The van der Waals surface area contributed by atoms with Gasteiger partial charge in [0, 0.05) is 32.4 Å². The number of halogens is 1. The second kappa shape index (κ2) is 11.0. The molecule has 0 unspecified atom stereocenters. The second-order valence-corrected chi connectivity index (χ2v) is 9.50. The van der Waals surface area contributed by atoms with Crippen LogP contribution in [0.1, 0.15) is 46.0 Å². The number of carbonyl (C=O) groups is 1. The first-order chi connectivity index (χ1) is 18.8. The van der Waals surface area contributed by atoms with E-state index in [9.17, 15) is 19.6 Å². The Morgan fingerprint density at radius 1 is 1.21 bits per heavy atom. The van der Waals surface area contributed by atoms with Crippen LogP contribution >= 0.6 is 0 Å². The minimum Gasteiger partial charge on any atom is -0.484 e. The minimum atomic E-state index is -0.950. The maximum absolute atomic E-state index is 13.3. The minimum absolute atomic E-state index is 0.00646. The van der Waals surface area contributed by atoms with Gasteiger partial charge in [-0.3, -0.25) is 4.90 Å². The molecule has 200 valence electrons. The number of benzene rings is 2. The number of likely N-dealkylation sites (tertiary alicyclic amines) is 1. The molecule has 0 spiro atoms. The normalized spacial score (nSPS) is 14.3. The number of piperidine rings is 1. The summed E-state index contributed by atoms with van der Waals surface area (Å²) in [5.41, 5.74) is 2.84. The van der Waals surface area contributed by atoms with Crippen LogP contribution < -0.4 is 9.47 Å². The number of rotatable bonds is 8. The van der Waals surface area contributed by atoms with Gasteiger partial charge in [-0.05, 0) is 55.7 Å². The van der Waals surface area contributed by atoms with Gasteiger partial charge in [0.05, 0.1) is 28.7 Å². The monoisotopic (exact) mass is 530 g/mol. The third kappa shape index (κ3) is 5.81. The van der Waals surface area contributed by atoms with Gasteiger partial charge in [-0.25, -0.2) is 19.2 Å². The highest BCUT2D eigenvalue weighted by molar-refractivity contribution is 5.93. The van der Waals surface area contributed by atoms with Crippen LogP contribution in [0.3, 0.4) is 0 Å². The Hall–Kier alpha value is -4.56. The Morgan fingerprint density at radius 2 is 2.00 bits per heavy atom. The van der Waals surface area contributed by atoms with Gasteiger partial charge < -0.3 is 19.1 Å². The van der Waals surface area contributed by atoms with Crippen molar-refractivity contribution in [3.63, 3.8) is 0 Å². The van der Waals surface area contributed by atoms with Crippen LogP contribution in [0, 0.1) is 24.1 Å². The molecule has 1 aliphatic heterocycles. The molecule has 5 rings (SSSR count). The van der Waals surface area contributed by atoms with E-state index in [-0.39, 0.29) is 29.6 Å². The Morgan fingerprint density at radius 3 is 2.74 bits per heavy atom. The van der Waals surface area contributed by atoms with Crippen LogP contribution in [0.15, 0.2) is 42.6 Å². The molecule has 10 nitrogen and oxygen atoms in total. The zero-order valence-electron chi connectivity index (χ0n) is 21.6. The fraction of sp³-hybridized carbons (Fsp3) is 0.321. The van der Waals surface area contributed by atoms with Gasteiger partial charge in [-0.1, -0.05) is 0 Å². The van der Waals surface area contributed by atoms with Crippen molar-refractivity contribution >= 4 is 17.0 Å². The molecule has 4 aromatic rings. The Kier molecular flexibility index (Phi) is 7.38. The van der Waals surface area contributed by atoms with Gasteiger partial charge in [0.15, 0.2) is 5.82 Å². The van der Waals surface area contributed by atoms with Gasteiger partial charge in [-0.2, -0.15) is 10.2 Å². The summed E-state index contributed by atoms with van der Waals surface area (Å²) < 4.78 is 27.1. The summed E-state index contributed by atoms with van der Waals surface area (Å²) in [6.45, 7) is 4.18. The number of ether oxygens (including phenoxy) is 2. The van der Waals surface area contributed by atoms with E-state index >= 15 is 0 Å². The predicted octanol–water partition coefficient (Wildman–Crippen LogP) is 4.00. The predicted molar refractivity (Wildman–Crippen MR) is 139 cm³/mol. The van der Waals surface area contributed by atoms with E-state index in [4.69, 9.17) is 14.5 Å². The maximum Gasteiger partial charge on any atom is 0.335 e. The van der Waals surface area contributed by atoms with E-state index < -0.39 is 11.8 Å². The zero-order valence-corrected chi connectivity index (χ0v) is 21.6. The summed E-state index contributed by atoms with van der Waals surface area (Å²) >= 11 is 0. The molecular weight excluding hydrogens is 503 g/mol. The Bertz CT molecular complexity index is 1570. The number of nitriles is 1. The molecule has 1 aliphatic rings. The molecule has 0 amide bonds. The van der Waals surface area contributed by atoms with Crippen LogP contribution in [0.2, 0.25) is 0 Å². The topological polar surface area (TPSA) is 126 Å². The van der Waals surface area contributed by atoms with Crippen molar-refractivity contribution in [1.29, 1.82) is 5.26 Å². The number of hydrogen-bond donors (Lipinski definition) is 1. The molecule has 0 aliphatic carbocycles. The lowest BCUT2D eigenvalue weighted by atomic mass is 10.1. The molecular formula is C28H27FN6O4. The average molecular weight is 531 g/mol. The van der Waals surface area contributed by atoms with Crippen molar-refractivity contribution in [2.24, 2.45) is 7.05 Å². The van der Waals surface area contributed by atoms with Gasteiger partial charge in [0.25, 0.3) is 0 Å². The van der Waals surface area contributed by atoms with E-state index in [0.717, 1.165) is 54.4 Å². The first-order valence-corrected chi connectivity index (χ1v) is 12.5. The number of fused-ring (bicyclic) bond motifs is 1. The van der Waals surface area contributed by atoms with Crippen molar-refractivity contribution in [2.75, 3.05) is 13.1 Å². The SMILES string of the molecule is Cc1cc(C(=O)O)cc2c1nc(CN1CCC(Oc3ccnc(COc4ccc(F)cc4C#N)n3)CC1)n2C. The second-order valence-electron chi connectivity index (χ2n) is 9.50. The number of nitrogens with zero attached hydrogens (tertiary/aromatic N) is 6. The molecule has 0 bridgehead atoms. The molecule has 11 heteroatoms. The van der Waals surface area contributed by atoms with Gasteiger partial charge in [0.1, 0.15) is 36.2 Å². The van der Waals surface area contributed by atoms with E-state index in [1.807, 2.05) is 24.6 Å². The largest absolute Gasteiger partial charge is 0.484 e. The van der Waals surface area contributed by atoms with Crippen molar-refractivity contribution in [1.82, 2.24) is 24.4 Å². The highest BCUT2D eigenvalue weighted by atomic mass is 19.1. The molecule has 2 aromatic carbocycles. The van der Waals surface area contributed by atoms with Crippen LogP contribution in [0.4, 0.5) is 4.39 Å². The smallest absolute Gasteiger partial charge is 0.335 e. The van der Waals surface area contributed by atoms with Crippen LogP contribution in [-0.2, 0) is 20.2 Å². The number of aromatic carboxylic acids is 1. The maximum atomic E-state index is 13.3. The molecule has 39 heavy (non-hydrogen) atoms. The molecule has 0 saturated carbocycles. The summed E-state index contributed by atoms with van der Waals surface area (Å²) in [4.78, 5) is 27.2. The van der Waals surface area contributed by atoms with Crippen molar-refractivity contribution in [2.45, 2.75) is 39.0 Å². The molecule has 3 heterocycles. The molecule has 2 aromatic heterocycles. The number of imidazole rings is 1. The number of carboxylic acids is 1. The summed E-state index contributed by atoms with van der Waals surface area (Å²) in [6.07, 6.45) is 3.20. The molecule has 1 saturated heterocycles. The standard InChI is InChI=1S/C28H27FN6O4/c1-17-11-18(28(36)37)13-22-27(17)33-25(34(22)2)15-35-9-6-21(7-10-35)39-26-5-8-31-24(32-26)16-38-23-4-3-20(29)12-19(23)14-30/h3-5,8,11-13,21H,6-7,9-10,15-16H2,1-2H3,(H,36,37). The summed E-state index contributed by atoms with van der Waals surface area (Å²) in [6, 6.07) is 10.7. The highest BCUT2D eigenvalue weighted by Gasteiger charge is 2.23. The van der Waals surface area contributed by atoms with E-state index in [1.165, 1.54) is 12.1 Å². The average Bonchev–Trinajstić information content (AvgIpc) is 3.24. The molecule has 1 N–H and O–H groups in total. The number of carboxylic acid groups (broad SMARTS) is 1. The Labute approximate surface area is 224 Å². The lowest BCUT2D eigenvalue weighted by Gasteiger charge is -2.31. The van der Waals surface area contributed by atoms with Crippen molar-refractivity contribution < 1.29 is 23.8 Å². The quantitative estimate of drug-likeness (QED) is 0.360.